The zero-order chi connectivity index (χ0) is 20.2. The van der Waals surface area contributed by atoms with Crippen molar-refractivity contribution in [2.24, 2.45) is 0 Å². The second-order valence-corrected chi connectivity index (χ2v) is 7.94. The number of amides is 1. The third-order valence-corrected chi connectivity index (χ3v) is 6.00. The molecule has 1 aromatic carbocycles. The van der Waals surface area contributed by atoms with Gasteiger partial charge < -0.3 is 19.4 Å². The summed E-state index contributed by atoms with van der Waals surface area (Å²) in [4.78, 5) is 23.7. The lowest BCUT2D eigenvalue weighted by Crippen LogP contribution is -2.47. The standard InChI is InChI=1S/C22H27ClN4O2/c1-29-20-8-4-3-7-19(20)25-11-13-26(14-12-25)21-18(23)15-17(16-24-21)22(28)27-9-5-2-6-10-27/h3-4,7-8,15-16H,2,5-6,9-14H2,1H3. The van der Waals surface area contributed by atoms with E-state index in [0.29, 0.717) is 10.6 Å². The third-order valence-electron chi connectivity index (χ3n) is 5.72. The zero-order valence-corrected chi connectivity index (χ0v) is 17.6. The molecule has 1 aromatic heterocycles. The number of methoxy groups -OCH3 is 1. The molecular weight excluding hydrogens is 388 g/mol. The van der Waals surface area contributed by atoms with Crippen LogP contribution in [0.1, 0.15) is 29.6 Å². The molecule has 2 saturated heterocycles. The van der Waals surface area contributed by atoms with Crippen molar-refractivity contribution >= 4 is 29.0 Å². The fourth-order valence-electron chi connectivity index (χ4n) is 4.11. The van der Waals surface area contributed by atoms with Gasteiger partial charge in [-0.05, 0) is 37.5 Å². The first-order valence-electron chi connectivity index (χ1n) is 10.2. The molecular formula is C22H27ClN4O2. The van der Waals surface area contributed by atoms with Crippen molar-refractivity contribution in [2.45, 2.75) is 19.3 Å². The minimum atomic E-state index is 0.0339. The largest absolute Gasteiger partial charge is 0.495 e. The Labute approximate surface area is 177 Å². The van der Waals surface area contributed by atoms with E-state index in [2.05, 4.69) is 20.9 Å². The van der Waals surface area contributed by atoms with Gasteiger partial charge in [0.1, 0.15) is 11.6 Å². The van der Waals surface area contributed by atoms with Gasteiger partial charge in [0.25, 0.3) is 5.91 Å². The Morgan fingerprint density at radius 3 is 2.38 bits per heavy atom. The molecule has 0 N–H and O–H groups in total. The summed E-state index contributed by atoms with van der Waals surface area (Å²) >= 11 is 6.54. The van der Waals surface area contributed by atoms with E-state index in [1.807, 2.05) is 23.1 Å². The van der Waals surface area contributed by atoms with Gasteiger partial charge in [-0.25, -0.2) is 4.98 Å². The first-order chi connectivity index (χ1) is 14.2. The highest BCUT2D eigenvalue weighted by Gasteiger charge is 2.24. The molecule has 2 fully saturated rings. The predicted octanol–water partition coefficient (Wildman–Crippen LogP) is 3.70. The second kappa shape index (κ2) is 8.91. The van der Waals surface area contributed by atoms with Crippen LogP contribution in [0.4, 0.5) is 11.5 Å². The first-order valence-corrected chi connectivity index (χ1v) is 10.6. The molecule has 2 aromatic rings. The summed E-state index contributed by atoms with van der Waals surface area (Å²) in [5, 5.41) is 0.540. The molecule has 0 radical (unpaired) electrons. The maximum absolute atomic E-state index is 12.7. The SMILES string of the molecule is COc1ccccc1N1CCN(c2ncc(C(=O)N3CCCCC3)cc2Cl)CC1. The van der Waals surface area contributed by atoms with E-state index in [4.69, 9.17) is 16.3 Å². The Kier molecular flexibility index (Phi) is 6.09. The Hall–Kier alpha value is -2.47. The van der Waals surface area contributed by atoms with E-state index in [1.165, 1.54) is 6.42 Å². The summed E-state index contributed by atoms with van der Waals surface area (Å²) in [7, 11) is 1.70. The number of rotatable bonds is 4. The monoisotopic (exact) mass is 414 g/mol. The molecule has 0 unspecified atom stereocenters. The van der Waals surface area contributed by atoms with E-state index in [9.17, 15) is 4.79 Å². The minimum Gasteiger partial charge on any atom is -0.495 e. The number of pyridine rings is 1. The lowest BCUT2D eigenvalue weighted by molar-refractivity contribution is 0.0724. The molecule has 0 spiro atoms. The first kappa shape index (κ1) is 19.8. The van der Waals surface area contributed by atoms with Crippen molar-refractivity contribution in [1.82, 2.24) is 9.88 Å². The lowest BCUT2D eigenvalue weighted by atomic mass is 10.1. The predicted molar refractivity (Wildman–Crippen MR) is 116 cm³/mol. The average molecular weight is 415 g/mol. The van der Waals surface area contributed by atoms with Crippen LogP contribution in [0.25, 0.3) is 0 Å². The molecule has 154 valence electrons. The van der Waals surface area contributed by atoms with Crippen molar-refractivity contribution in [2.75, 3.05) is 56.2 Å². The van der Waals surface area contributed by atoms with Crippen molar-refractivity contribution in [3.8, 4) is 5.75 Å². The summed E-state index contributed by atoms with van der Waals surface area (Å²) in [6.07, 6.45) is 5.01. The van der Waals surface area contributed by atoms with Crippen LogP contribution < -0.4 is 14.5 Å². The van der Waals surface area contributed by atoms with Gasteiger partial charge in [0, 0.05) is 45.5 Å². The highest BCUT2D eigenvalue weighted by Crippen LogP contribution is 2.31. The molecule has 4 rings (SSSR count). The van der Waals surface area contributed by atoms with Crippen LogP contribution >= 0.6 is 11.6 Å². The van der Waals surface area contributed by atoms with Gasteiger partial charge in [-0.3, -0.25) is 4.79 Å². The molecule has 0 atom stereocenters. The topological polar surface area (TPSA) is 48.9 Å². The number of anilines is 2. The molecule has 7 heteroatoms. The molecule has 29 heavy (non-hydrogen) atoms. The molecule has 2 aliphatic heterocycles. The summed E-state index contributed by atoms with van der Waals surface area (Å²) in [6, 6.07) is 9.85. The number of ether oxygens (including phenoxy) is 1. The van der Waals surface area contributed by atoms with Crippen LogP contribution in [0.5, 0.6) is 5.75 Å². The molecule has 2 aliphatic rings. The highest BCUT2D eigenvalue weighted by atomic mass is 35.5. The van der Waals surface area contributed by atoms with Gasteiger partial charge >= 0.3 is 0 Å². The number of aromatic nitrogens is 1. The van der Waals surface area contributed by atoms with Crippen molar-refractivity contribution in [3.05, 3.63) is 47.1 Å². The number of likely N-dealkylation sites (tertiary alicyclic amines) is 1. The van der Waals surface area contributed by atoms with Gasteiger partial charge in [0.2, 0.25) is 0 Å². The van der Waals surface area contributed by atoms with Crippen molar-refractivity contribution in [1.29, 1.82) is 0 Å². The molecule has 0 saturated carbocycles. The number of hydrogen-bond donors (Lipinski definition) is 0. The minimum absolute atomic E-state index is 0.0339. The van der Waals surface area contributed by atoms with Gasteiger partial charge in [-0.1, -0.05) is 23.7 Å². The number of nitrogens with zero attached hydrogens (tertiary/aromatic N) is 4. The van der Waals surface area contributed by atoms with E-state index >= 15 is 0 Å². The van der Waals surface area contributed by atoms with Crippen LogP contribution in [-0.2, 0) is 0 Å². The number of benzene rings is 1. The van der Waals surface area contributed by atoms with E-state index in [0.717, 1.165) is 69.4 Å². The van der Waals surface area contributed by atoms with Gasteiger partial charge in [0.15, 0.2) is 0 Å². The molecule has 0 bridgehead atoms. The summed E-state index contributed by atoms with van der Waals surface area (Å²) < 4.78 is 5.49. The number of carbonyl (C=O) groups excluding carboxylic acids is 1. The molecule has 1 amide bonds. The van der Waals surface area contributed by atoms with Crippen molar-refractivity contribution < 1.29 is 9.53 Å². The van der Waals surface area contributed by atoms with Crippen LogP contribution in [0.15, 0.2) is 36.5 Å². The summed E-state index contributed by atoms with van der Waals surface area (Å²) in [5.74, 6) is 1.67. The van der Waals surface area contributed by atoms with Gasteiger partial charge in [-0.15, -0.1) is 0 Å². The van der Waals surface area contributed by atoms with Crippen LogP contribution in [0, 0.1) is 0 Å². The normalized spacial score (nSPS) is 17.4. The maximum Gasteiger partial charge on any atom is 0.255 e. The molecule has 6 nitrogen and oxygen atoms in total. The molecule has 3 heterocycles. The Balaban J connectivity index is 1.43. The van der Waals surface area contributed by atoms with Crippen LogP contribution in [0.2, 0.25) is 5.02 Å². The maximum atomic E-state index is 12.7. The van der Waals surface area contributed by atoms with Gasteiger partial charge in [-0.2, -0.15) is 0 Å². The third kappa shape index (κ3) is 4.27. The Morgan fingerprint density at radius 2 is 1.69 bits per heavy atom. The number of piperidine rings is 1. The number of halogens is 1. The van der Waals surface area contributed by atoms with E-state index in [1.54, 1.807) is 19.4 Å². The van der Waals surface area contributed by atoms with Crippen LogP contribution in [0.3, 0.4) is 0 Å². The number of para-hydroxylation sites is 2. The zero-order valence-electron chi connectivity index (χ0n) is 16.8. The fourth-order valence-corrected chi connectivity index (χ4v) is 4.40. The van der Waals surface area contributed by atoms with Crippen LogP contribution in [-0.4, -0.2) is 62.2 Å². The number of carbonyl (C=O) groups is 1. The molecule has 0 aliphatic carbocycles. The van der Waals surface area contributed by atoms with E-state index < -0.39 is 0 Å². The Bertz CT molecular complexity index is 862. The summed E-state index contributed by atoms with van der Waals surface area (Å²) in [5.41, 5.74) is 1.68. The van der Waals surface area contributed by atoms with Crippen molar-refractivity contribution in [3.63, 3.8) is 0 Å². The lowest BCUT2D eigenvalue weighted by Gasteiger charge is -2.37. The number of piperazine rings is 1. The Morgan fingerprint density at radius 1 is 1.00 bits per heavy atom. The quantitative estimate of drug-likeness (QED) is 0.763. The second-order valence-electron chi connectivity index (χ2n) is 7.53. The van der Waals surface area contributed by atoms with E-state index in [-0.39, 0.29) is 5.91 Å². The smallest absolute Gasteiger partial charge is 0.255 e. The fraction of sp³-hybridized carbons (Fsp3) is 0.455. The van der Waals surface area contributed by atoms with Gasteiger partial charge in [0.05, 0.1) is 23.4 Å². The number of hydrogen-bond acceptors (Lipinski definition) is 5. The average Bonchev–Trinajstić information content (AvgIpc) is 2.79. The highest BCUT2D eigenvalue weighted by molar-refractivity contribution is 6.33. The summed E-state index contributed by atoms with van der Waals surface area (Å²) in [6.45, 7) is 4.97.